The molecule has 1 N–H and O–H groups in total. The summed E-state index contributed by atoms with van der Waals surface area (Å²) in [6.45, 7) is 2.62. The van der Waals surface area contributed by atoms with Crippen molar-refractivity contribution in [2.24, 2.45) is 5.10 Å². The molecule has 0 fully saturated rings. The van der Waals surface area contributed by atoms with Crippen LogP contribution >= 0.6 is 23.2 Å². The first-order valence-corrected chi connectivity index (χ1v) is 11.1. The number of carbonyl (C=O) groups excluding carboxylic acids is 2. The van der Waals surface area contributed by atoms with Crippen LogP contribution in [0.1, 0.15) is 39.6 Å². The number of ether oxygens (including phenoxy) is 3. The molecule has 0 saturated carbocycles. The van der Waals surface area contributed by atoms with E-state index in [0.29, 0.717) is 39.8 Å². The van der Waals surface area contributed by atoms with Gasteiger partial charge in [0.2, 0.25) is 0 Å². The summed E-state index contributed by atoms with van der Waals surface area (Å²) in [7, 11) is 1.46. The molecular weight excluding hydrogens is 479 g/mol. The van der Waals surface area contributed by atoms with Gasteiger partial charge in [0.25, 0.3) is 5.91 Å². The van der Waals surface area contributed by atoms with Crippen molar-refractivity contribution in [2.45, 2.75) is 13.3 Å². The van der Waals surface area contributed by atoms with Crippen LogP contribution in [-0.4, -0.2) is 31.8 Å². The minimum Gasteiger partial charge on any atom is -0.494 e. The van der Waals surface area contributed by atoms with Gasteiger partial charge in [-0.15, -0.1) is 0 Å². The molecule has 0 aliphatic heterocycles. The van der Waals surface area contributed by atoms with Crippen molar-refractivity contribution in [1.29, 1.82) is 0 Å². The highest BCUT2D eigenvalue weighted by Crippen LogP contribution is 2.28. The lowest BCUT2D eigenvalue weighted by molar-refractivity contribution is 0.0729. The number of hydrogen-bond acceptors (Lipinski definition) is 6. The quantitative estimate of drug-likeness (QED) is 0.174. The predicted octanol–water partition coefficient (Wildman–Crippen LogP) is 5.77. The normalized spacial score (nSPS) is 10.7. The molecule has 9 heteroatoms. The third kappa shape index (κ3) is 6.73. The van der Waals surface area contributed by atoms with Crippen molar-refractivity contribution in [3.05, 3.63) is 87.4 Å². The Morgan fingerprint density at radius 1 is 0.941 bits per heavy atom. The Balaban J connectivity index is 1.63. The molecular formula is C25H22Cl2N2O5. The first-order chi connectivity index (χ1) is 16.4. The first kappa shape index (κ1) is 25.1. The zero-order valence-corrected chi connectivity index (χ0v) is 20.0. The molecule has 0 heterocycles. The molecule has 0 aliphatic rings. The molecule has 0 aromatic heterocycles. The van der Waals surface area contributed by atoms with E-state index in [1.807, 2.05) is 6.92 Å². The fraction of sp³-hybridized carbons (Fsp3) is 0.160. The molecule has 7 nitrogen and oxygen atoms in total. The van der Waals surface area contributed by atoms with Gasteiger partial charge in [-0.25, -0.2) is 10.2 Å². The molecule has 0 radical (unpaired) electrons. The standard InChI is InChI=1S/C25H22Cl2N2O5/c1-3-12-33-19-8-5-17(6-9-19)25(31)34-22-11-4-16(13-23(22)32-2)15-28-29-24(30)18-7-10-20(26)21(27)14-18/h4-11,13-15H,3,12H2,1-2H3,(H,29,30)/b28-15+. The smallest absolute Gasteiger partial charge is 0.343 e. The van der Waals surface area contributed by atoms with Crippen LogP contribution in [0.2, 0.25) is 10.0 Å². The fourth-order valence-corrected chi connectivity index (χ4v) is 3.08. The molecule has 176 valence electrons. The molecule has 0 spiro atoms. The zero-order chi connectivity index (χ0) is 24.5. The van der Waals surface area contributed by atoms with E-state index in [1.54, 1.807) is 42.5 Å². The first-order valence-electron chi connectivity index (χ1n) is 10.3. The summed E-state index contributed by atoms with van der Waals surface area (Å²) in [6.07, 6.45) is 2.33. The summed E-state index contributed by atoms with van der Waals surface area (Å²) in [6, 6.07) is 16.1. The van der Waals surface area contributed by atoms with Crippen LogP contribution < -0.4 is 19.6 Å². The minimum atomic E-state index is -0.532. The van der Waals surface area contributed by atoms with Crippen molar-refractivity contribution in [3.63, 3.8) is 0 Å². The number of nitrogens with zero attached hydrogens (tertiary/aromatic N) is 1. The van der Waals surface area contributed by atoms with Crippen LogP contribution in [0.25, 0.3) is 0 Å². The molecule has 0 unspecified atom stereocenters. The van der Waals surface area contributed by atoms with E-state index in [-0.39, 0.29) is 10.8 Å². The third-order valence-corrected chi connectivity index (χ3v) is 5.25. The summed E-state index contributed by atoms with van der Waals surface area (Å²) in [5.74, 6) is 0.284. The Morgan fingerprint density at radius 2 is 1.68 bits per heavy atom. The average molecular weight is 501 g/mol. The number of halogens is 2. The monoisotopic (exact) mass is 500 g/mol. The molecule has 0 bridgehead atoms. The van der Waals surface area contributed by atoms with Gasteiger partial charge < -0.3 is 14.2 Å². The number of esters is 1. The highest BCUT2D eigenvalue weighted by Gasteiger charge is 2.13. The highest BCUT2D eigenvalue weighted by molar-refractivity contribution is 6.42. The Bertz CT molecular complexity index is 1200. The van der Waals surface area contributed by atoms with Gasteiger partial charge in [-0.3, -0.25) is 4.79 Å². The minimum absolute atomic E-state index is 0.246. The zero-order valence-electron chi connectivity index (χ0n) is 18.5. The Kier molecular flexibility index (Phi) is 8.90. The summed E-state index contributed by atoms with van der Waals surface area (Å²) in [5, 5.41) is 4.56. The Hall–Kier alpha value is -3.55. The number of hydrogen-bond donors (Lipinski definition) is 1. The van der Waals surface area contributed by atoms with Crippen molar-refractivity contribution in [1.82, 2.24) is 5.43 Å². The van der Waals surface area contributed by atoms with Crippen LogP contribution in [0.5, 0.6) is 17.2 Å². The van der Waals surface area contributed by atoms with Gasteiger partial charge in [-0.2, -0.15) is 5.10 Å². The van der Waals surface area contributed by atoms with E-state index >= 15 is 0 Å². The van der Waals surface area contributed by atoms with Gasteiger partial charge in [-0.1, -0.05) is 30.1 Å². The Morgan fingerprint density at radius 3 is 2.35 bits per heavy atom. The van der Waals surface area contributed by atoms with Crippen molar-refractivity contribution >= 4 is 41.3 Å². The average Bonchev–Trinajstić information content (AvgIpc) is 2.85. The second-order valence-electron chi connectivity index (χ2n) is 7.00. The molecule has 1 amide bonds. The van der Waals surface area contributed by atoms with Crippen LogP contribution in [0.4, 0.5) is 0 Å². The topological polar surface area (TPSA) is 86.2 Å². The van der Waals surface area contributed by atoms with Crippen molar-refractivity contribution in [2.75, 3.05) is 13.7 Å². The summed E-state index contributed by atoms with van der Waals surface area (Å²) in [5.41, 5.74) is 3.72. The van der Waals surface area contributed by atoms with Crippen LogP contribution in [0, 0.1) is 0 Å². The SMILES string of the molecule is CCCOc1ccc(C(=O)Oc2ccc(/C=N/NC(=O)c3ccc(Cl)c(Cl)c3)cc2OC)cc1. The largest absolute Gasteiger partial charge is 0.494 e. The number of methoxy groups -OCH3 is 1. The maximum absolute atomic E-state index is 12.5. The molecule has 0 saturated heterocycles. The summed E-state index contributed by atoms with van der Waals surface area (Å²) in [4.78, 5) is 24.7. The van der Waals surface area contributed by atoms with Gasteiger partial charge in [0.05, 0.1) is 35.5 Å². The molecule has 0 atom stereocenters. The highest BCUT2D eigenvalue weighted by atomic mass is 35.5. The van der Waals surface area contributed by atoms with E-state index < -0.39 is 11.9 Å². The number of nitrogens with one attached hydrogen (secondary N) is 1. The van der Waals surface area contributed by atoms with Gasteiger partial charge in [-0.05, 0) is 72.6 Å². The third-order valence-electron chi connectivity index (χ3n) is 4.51. The number of amides is 1. The van der Waals surface area contributed by atoms with Gasteiger partial charge in [0, 0.05) is 5.56 Å². The molecule has 3 rings (SSSR count). The van der Waals surface area contributed by atoms with E-state index in [0.717, 1.165) is 6.42 Å². The second-order valence-corrected chi connectivity index (χ2v) is 7.82. The van der Waals surface area contributed by atoms with Gasteiger partial charge in [0.1, 0.15) is 5.75 Å². The second kappa shape index (κ2) is 12.1. The molecule has 3 aromatic carbocycles. The molecule has 0 aliphatic carbocycles. The maximum atomic E-state index is 12.5. The van der Waals surface area contributed by atoms with E-state index in [1.165, 1.54) is 31.5 Å². The number of hydrazone groups is 1. The van der Waals surface area contributed by atoms with Gasteiger partial charge in [0.15, 0.2) is 11.5 Å². The lowest BCUT2D eigenvalue weighted by Gasteiger charge is -2.10. The van der Waals surface area contributed by atoms with E-state index in [2.05, 4.69) is 10.5 Å². The summed E-state index contributed by atoms with van der Waals surface area (Å²) >= 11 is 11.8. The van der Waals surface area contributed by atoms with Crippen molar-refractivity contribution < 1.29 is 23.8 Å². The van der Waals surface area contributed by atoms with Crippen LogP contribution in [0.15, 0.2) is 65.8 Å². The van der Waals surface area contributed by atoms with E-state index in [4.69, 9.17) is 37.4 Å². The summed E-state index contributed by atoms with van der Waals surface area (Å²) < 4.78 is 16.3. The maximum Gasteiger partial charge on any atom is 0.343 e. The number of rotatable bonds is 9. The Labute approximate surface area is 207 Å². The van der Waals surface area contributed by atoms with Gasteiger partial charge >= 0.3 is 5.97 Å². The molecule has 34 heavy (non-hydrogen) atoms. The van der Waals surface area contributed by atoms with Crippen molar-refractivity contribution in [3.8, 4) is 17.2 Å². The predicted molar refractivity (Wildman–Crippen MR) is 132 cm³/mol. The van der Waals surface area contributed by atoms with Crippen LogP contribution in [-0.2, 0) is 0 Å². The lowest BCUT2D eigenvalue weighted by atomic mass is 10.2. The fourth-order valence-electron chi connectivity index (χ4n) is 2.78. The number of carbonyl (C=O) groups is 2. The van der Waals surface area contributed by atoms with Crippen LogP contribution in [0.3, 0.4) is 0 Å². The number of benzene rings is 3. The van der Waals surface area contributed by atoms with E-state index in [9.17, 15) is 9.59 Å². The lowest BCUT2D eigenvalue weighted by Crippen LogP contribution is -2.17. The molecule has 3 aromatic rings.